The quantitative estimate of drug-likeness (QED) is 0.365. The molecule has 0 aromatic heterocycles. The number of carbonyl (C=O) groups excluding carboxylic acids is 1. The standard InChI is InChI=1S/C23H29NO6/c25-13-20(28)11-17-3-7-19(8-4-17)24-21(12-22(24)29)18-5-1-16(2-6-18)9-10-23(30,14-26)15-27/h1-8,20-21,25-28,30H,9-15H2/t20?,21-/m0/s1. The van der Waals surface area contributed by atoms with Gasteiger partial charge in [-0.05, 0) is 41.7 Å². The summed E-state index contributed by atoms with van der Waals surface area (Å²) in [5.41, 5.74) is 2.19. The molecule has 0 radical (unpaired) electrons. The SMILES string of the molecule is O=C1C[C@@H](c2ccc(CCC(O)(CO)CO)cc2)N1c1ccc(CC(O)CO)cc1. The summed E-state index contributed by atoms with van der Waals surface area (Å²) in [5, 5.41) is 46.9. The number of β-lactam (4-membered cyclic amide) rings is 1. The molecule has 0 bridgehead atoms. The van der Waals surface area contributed by atoms with Crippen molar-refractivity contribution in [2.45, 2.75) is 43.4 Å². The first-order chi connectivity index (χ1) is 14.4. The Labute approximate surface area is 175 Å². The van der Waals surface area contributed by atoms with Crippen molar-refractivity contribution in [2.75, 3.05) is 24.7 Å². The molecule has 1 heterocycles. The molecule has 1 unspecified atom stereocenters. The van der Waals surface area contributed by atoms with E-state index in [1.54, 1.807) is 4.90 Å². The molecule has 2 atom stereocenters. The third-order valence-corrected chi connectivity index (χ3v) is 5.68. The van der Waals surface area contributed by atoms with Crippen molar-refractivity contribution >= 4 is 11.6 Å². The molecule has 162 valence electrons. The number of hydrogen-bond donors (Lipinski definition) is 5. The zero-order valence-corrected chi connectivity index (χ0v) is 16.8. The average molecular weight is 415 g/mol. The van der Waals surface area contributed by atoms with E-state index < -0.39 is 24.9 Å². The van der Waals surface area contributed by atoms with Gasteiger partial charge in [0.15, 0.2) is 0 Å². The predicted molar refractivity (Wildman–Crippen MR) is 112 cm³/mol. The Morgan fingerprint density at radius 2 is 1.57 bits per heavy atom. The van der Waals surface area contributed by atoms with Crippen LogP contribution in [0.5, 0.6) is 0 Å². The third-order valence-electron chi connectivity index (χ3n) is 5.68. The molecule has 1 fully saturated rings. The van der Waals surface area contributed by atoms with Crippen LogP contribution in [0.1, 0.15) is 35.6 Å². The number of benzene rings is 2. The monoisotopic (exact) mass is 415 g/mol. The molecule has 1 aliphatic rings. The van der Waals surface area contributed by atoms with E-state index in [1.807, 2.05) is 48.5 Å². The molecule has 0 aliphatic carbocycles. The van der Waals surface area contributed by atoms with Crippen LogP contribution in [0.15, 0.2) is 48.5 Å². The Kier molecular flexibility index (Phi) is 7.23. The number of anilines is 1. The van der Waals surface area contributed by atoms with E-state index in [4.69, 9.17) is 5.11 Å². The molecule has 30 heavy (non-hydrogen) atoms. The molecule has 7 heteroatoms. The highest BCUT2D eigenvalue weighted by Crippen LogP contribution is 2.39. The fourth-order valence-electron chi connectivity index (χ4n) is 3.63. The number of aliphatic hydroxyl groups is 5. The van der Waals surface area contributed by atoms with Gasteiger partial charge in [-0.15, -0.1) is 0 Å². The van der Waals surface area contributed by atoms with Crippen molar-refractivity contribution < 1.29 is 30.3 Å². The van der Waals surface area contributed by atoms with Crippen molar-refractivity contribution in [3.05, 3.63) is 65.2 Å². The molecule has 1 amide bonds. The minimum absolute atomic E-state index is 0.0446. The Hall–Kier alpha value is -2.29. The highest BCUT2D eigenvalue weighted by molar-refractivity contribution is 6.01. The zero-order valence-electron chi connectivity index (χ0n) is 16.8. The largest absolute Gasteiger partial charge is 0.394 e. The van der Waals surface area contributed by atoms with Crippen molar-refractivity contribution in [3.8, 4) is 0 Å². The lowest BCUT2D eigenvalue weighted by atomic mass is 9.91. The fraction of sp³-hybridized carbons (Fsp3) is 0.435. The molecule has 1 saturated heterocycles. The number of aryl methyl sites for hydroxylation is 1. The minimum Gasteiger partial charge on any atom is -0.394 e. The van der Waals surface area contributed by atoms with Gasteiger partial charge >= 0.3 is 0 Å². The number of aliphatic hydroxyl groups excluding tert-OH is 4. The Balaban J connectivity index is 1.65. The third kappa shape index (κ3) is 5.06. The predicted octanol–water partition coefficient (Wildman–Crippen LogP) is 0.709. The summed E-state index contributed by atoms with van der Waals surface area (Å²) in [6, 6.07) is 15.1. The van der Waals surface area contributed by atoms with Crippen LogP contribution >= 0.6 is 0 Å². The lowest BCUT2D eigenvalue weighted by molar-refractivity contribution is -0.124. The lowest BCUT2D eigenvalue weighted by Gasteiger charge is -2.41. The summed E-state index contributed by atoms with van der Waals surface area (Å²) in [5.74, 6) is 0.0446. The summed E-state index contributed by atoms with van der Waals surface area (Å²) in [4.78, 5) is 14.0. The molecule has 5 N–H and O–H groups in total. The molecular weight excluding hydrogens is 386 g/mol. The van der Waals surface area contributed by atoms with E-state index in [1.165, 1.54) is 0 Å². The van der Waals surface area contributed by atoms with Crippen molar-refractivity contribution in [1.29, 1.82) is 0 Å². The van der Waals surface area contributed by atoms with Gasteiger partial charge in [0.25, 0.3) is 0 Å². The highest BCUT2D eigenvalue weighted by atomic mass is 16.4. The average Bonchev–Trinajstić information content (AvgIpc) is 2.77. The van der Waals surface area contributed by atoms with Gasteiger partial charge in [0, 0.05) is 12.1 Å². The number of amides is 1. The van der Waals surface area contributed by atoms with Crippen LogP contribution in [-0.2, 0) is 17.6 Å². The maximum Gasteiger partial charge on any atom is 0.230 e. The Morgan fingerprint density at radius 3 is 2.10 bits per heavy atom. The molecule has 3 rings (SSSR count). The van der Waals surface area contributed by atoms with E-state index in [0.717, 1.165) is 22.4 Å². The molecule has 0 spiro atoms. The van der Waals surface area contributed by atoms with E-state index in [9.17, 15) is 25.2 Å². The van der Waals surface area contributed by atoms with Gasteiger partial charge in [0.05, 0.1) is 38.4 Å². The van der Waals surface area contributed by atoms with Crippen molar-refractivity contribution in [1.82, 2.24) is 0 Å². The molecule has 1 aliphatic heterocycles. The van der Waals surface area contributed by atoms with E-state index >= 15 is 0 Å². The van der Waals surface area contributed by atoms with E-state index in [-0.39, 0.29) is 25.0 Å². The molecule has 2 aromatic rings. The van der Waals surface area contributed by atoms with Crippen LogP contribution in [0.4, 0.5) is 5.69 Å². The molecule has 7 nitrogen and oxygen atoms in total. The Bertz CT molecular complexity index is 832. The topological polar surface area (TPSA) is 121 Å². The van der Waals surface area contributed by atoms with Crippen LogP contribution in [0.3, 0.4) is 0 Å². The Morgan fingerprint density at radius 1 is 0.967 bits per heavy atom. The van der Waals surface area contributed by atoms with Gasteiger partial charge in [-0.1, -0.05) is 36.4 Å². The minimum atomic E-state index is -1.48. The van der Waals surface area contributed by atoms with Crippen LogP contribution in [0.2, 0.25) is 0 Å². The molecule has 2 aromatic carbocycles. The first-order valence-electron chi connectivity index (χ1n) is 10.1. The smallest absolute Gasteiger partial charge is 0.230 e. The van der Waals surface area contributed by atoms with Gasteiger partial charge in [-0.25, -0.2) is 0 Å². The second kappa shape index (κ2) is 9.68. The van der Waals surface area contributed by atoms with Crippen molar-refractivity contribution in [3.63, 3.8) is 0 Å². The number of nitrogens with zero attached hydrogens (tertiary/aromatic N) is 1. The number of hydrogen-bond acceptors (Lipinski definition) is 6. The summed E-state index contributed by atoms with van der Waals surface area (Å²) in [6.07, 6.45) is 0.770. The van der Waals surface area contributed by atoms with Gasteiger partial charge in [0.2, 0.25) is 5.91 Å². The summed E-state index contributed by atoms with van der Waals surface area (Å²) < 4.78 is 0. The molecule has 0 saturated carbocycles. The second-order valence-electron chi connectivity index (χ2n) is 7.97. The summed E-state index contributed by atoms with van der Waals surface area (Å²) in [7, 11) is 0. The number of carbonyl (C=O) groups is 1. The first kappa shape index (κ1) is 22.4. The summed E-state index contributed by atoms with van der Waals surface area (Å²) >= 11 is 0. The fourth-order valence-corrected chi connectivity index (χ4v) is 3.63. The van der Waals surface area contributed by atoms with Gasteiger partial charge in [-0.3, -0.25) is 4.79 Å². The van der Waals surface area contributed by atoms with E-state index in [0.29, 0.717) is 19.3 Å². The van der Waals surface area contributed by atoms with Gasteiger partial charge in [-0.2, -0.15) is 0 Å². The van der Waals surface area contributed by atoms with Gasteiger partial charge in [0.1, 0.15) is 5.60 Å². The number of rotatable bonds is 10. The lowest BCUT2D eigenvalue weighted by Crippen LogP contribution is -2.46. The van der Waals surface area contributed by atoms with Gasteiger partial charge < -0.3 is 30.4 Å². The zero-order chi connectivity index (χ0) is 21.7. The van der Waals surface area contributed by atoms with Crippen LogP contribution < -0.4 is 4.90 Å². The van der Waals surface area contributed by atoms with Crippen LogP contribution in [0, 0.1) is 0 Å². The highest BCUT2D eigenvalue weighted by Gasteiger charge is 2.38. The first-order valence-corrected chi connectivity index (χ1v) is 10.1. The summed E-state index contributed by atoms with van der Waals surface area (Å²) in [6.45, 7) is -1.26. The molecular formula is C23H29NO6. The maximum atomic E-state index is 12.2. The normalized spacial score (nSPS) is 17.7. The second-order valence-corrected chi connectivity index (χ2v) is 7.97. The van der Waals surface area contributed by atoms with Crippen LogP contribution in [0.25, 0.3) is 0 Å². The maximum absolute atomic E-state index is 12.2. The van der Waals surface area contributed by atoms with Crippen molar-refractivity contribution in [2.24, 2.45) is 0 Å². The van der Waals surface area contributed by atoms with Crippen LogP contribution in [-0.4, -0.2) is 63.0 Å². The van der Waals surface area contributed by atoms with E-state index in [2.05, 4.69) is 0 Å².